The van der Waals surface area contributed by atoms with E-state index in [2.05, 4.69) is 21.3 Å². The van der Waals surface area contributed by atoms with Crippen LogP contribution in [0.5, 0.6) is 0 Å². The third kappa shape index (κ3) is 2.95. The van der Waals surface area contributed by atoms with Crippen molar-refractivity contribution in [3.8, 4) is 6.07 Å². The molecule has 0 unspecified atom stereocenters. The zero-order valence-corrected chi connectivity index (χ0v) is 10.2. The lowest BCUT2D eigenvalue weighted by molar-refractivity contribution is 0.393. The van der Waals surface area contributed by atoms with Crippen LogP contribution >= 0.6 is 0 Å². The maximum Gasteiger partial charge on any atom is 0.142 e. The molecule has 0 spiro atoms. The molecule has 0 amide bonds. The van der Waals surface area contributed by atoms with E-state index in [0.29, 0.717) is 5.69 Å². The number of nitriles is 1. The fourth-order valence-electron chi connectivity index (χ4n) is 2.36. The molecule has 0 atom stereocenters. The molecular formula is C13H18N4. The maximum atomic E-state index is 8.83. The zero-order valence-electron chi connectivity index (χ0n) is 10.2. The van der Waals surface area contributed by atoms with Gasteiger partial charge < -0.3 is 10.2 Å². The van der Waals surface area contributed by atoms with Gasteiger partial charge in [-0.05, 0) is 44.5 Å². The van der Waals surface area contributed by atoms with E-state index < -0.39 is 0 Å². The lowest BCUT2D eigenvalue weighted by Crippen LogP contribution is -2.36. The van der Waals surface area contributed by atoms with E-state index in [1.54, 1.807) is 6.20 Å². The van der Waals surface area contributed by atoms with Crippen molar-refractivity contribution in [1.29, 1.82) is 5.26 Å². The molecule has 0 aromatic carbocycles. The van der Waals surface area contributed by atoms with Crippen LogP contribution in [0.15, 0.2) is 18.3 Å². The van der Waals surface area contributed by atoms with Crippen molar-refractivity contribution in [2.45, 2.75) is 12.8 Å². The second-order valence-corrected chi connectivity index (χ2v) is 4.50. The van der Waals surface area contributed by atoms with Crippen molar-refractivity contribution in [1.82, 2.24) is 10.3 Å². The highest BCUT2D eigenvalue weighted by Gasteiger charge is 2.18. The number of nitrogens with zero attached hydrogens (tertiary/aromatic N) is 3. The van der Waals surface area contributed by atoms with E-state index in [4.69, 9.17) is 5.26 Å². The van der Waals surface area contributed by atoms with E-state index in [1.807, 2.05) is 19.2 Å². The summed E-state index contributed by atoms with van der Waals surface area (Å²) in [5.41, 5.74) is 1.62. The zero-order chi connectivity index (χ0) is 12.1. The largest absolute Gasteiger partial charge is 0.371 e. The summed E-state index contributed by atoms with van der Waals surface area (Å²) in [6, 6.07) is 5.95. The Morgan fingerprint density at radius 1 is 1.53 bits per heavy atom. The summed E-state index contributed by atoms with van der Waals surface area (Å²) in [5.74, 6) is 0.786. The van der Waals surface area contributed by atoms with Crippen molar-refractivity contribution in [2.75, 3.05) is 31.6 Å². The van der Waals surface area contributed by atoms with Gasteiger partial charge in [0.15, 0.2) is 0 Å². The Bertz CT molecular complexity index is 402. The number of aromatic nitrogens is 1. The number of nitrogens with one attached hydrogen (secondary N) is 1. The van der Waals surface area contributed by atoms with Gasteiger partial charge in [-0.25, -0.2) is 4.98 Å². The van der Waals surface area contributed by atoms with Crippen LogP contribution in [0.2, 0.25) is 0 Å². The number of rotatable bonds is 3. The van der Waals surface area contributed by atoms with Crippen molar-refractivity contribution < 1.29 is 0 Å². The van der Waals surface area contributed by atoms with Crippen LogP contribution in [0.1, 0.15) is 18.5 Å². The quantitative estimate of drug-likeness (QED) is 0.852. The molecule has 4 heteroatoms. The van der Waals surface area contributed by atoms with Crippen LogP contribution in [-0.4, -0.2) is 31.7 Å². The first-order chi connectivity index (χ1) is 8.33. The van der Waals surface area contributed by atoms with Gasteiger partial charge in [0, 0.05) is 25.0 Å². The fourth-order valence-corrected chi connectivity index (χ4v) is 2.36. The van der Waals surface area contributed by atoms with Gasteiger partial charge in [-0.2, -0.15) is 5.26 Å². The molecule has 1 fully saturated rings. The lowest BCUT2D eigenvalue weighted by Gasteiger charge is -2.33. The van der Waals surface area contributed by atoms with E-state index in [9.17, 15) is 0 Å². The monoisotopic (exact) mass is 230 g/mol. The van der Waals surface area contributed by atoms with Gasteiger partial charge in [0.05, 0.1) is 0 Å². The Labute approximate surface area is 102 Å². The fraction of sp³-hybridized carbons (Fsp3) is 0.538. The smallest absolute Gasteiger partial charge is 0.142 e. The van der Waals surface area contributed by atoms with Crippen molar-refractivity contribution in [3.05, 3.63) is 24.0 Å². The van der Waals surface area contributed by atoms with E-state index in [-0.39, 0.29) is 0 Å². The predicted octanol–water partition coefficient (Wildman–Crippen LogP) is 1.39. The average molecular weight is 230 g/mol. The number of anilines is 1. The molecule has 2 heterocycles. The molecule has 4 nitrogen and oxygen atoms in total. The molecule has 1 saturated heterocycles. The van der Waals surface area contributed by atoms with E-state index in [1.165, 1.54) is 12.8 Å². The van der Waals surface area contributed by atoms with Crippen LogP contribution < -0.4 is 10.2 Å². The maximum absolute atomic E-state index is 8.83. The first-order valence-electron chi connectivity index (χ1n) is 6.09. The van der Waals surface area contributed by atoms with Gasteiger partial charge in [0.1, 0.15) is 11.8 Å². The number of hydrogen-bond acceptors (Lipinski definition) is 4. The molecule has 0 aliphatic carbocycles. The summed E-state index contributed by atoms with van der Waals surface area (Å²) in [6.07, 6.45) is 4.14. The molecule has 1 aromatic rings. The highest BCUT2D eigenvalue weighted by Crippen LogP contribution is 2.22. The number of pyridine rings is 1. The Morgan fingerprint density at radius 3 is 2.94 bits per heavy atom. The standard InChI is InChI=1S/C13H18N4/c1-15-10-11-3-6-17(7-4-11)13-2-5-16-12(8-13)9-14/h2,5,8,11,15H,3-4,6-7,10H2,1H3. The third-order valence-corrected chi connectivity index (χ3v) is 3.33. The molecule has 90 valence electrons. The Hall–Kier alpha value is -1.60. The van der Waals surface area contributed by atoms with Gasteiger partial charge in [0.2, 0.25) is 0 Å². The minimum absolute atomic E-state index is 0.500. The molecule has 17 heavy (non-hydrogen) atoms. The summed E-state index contributed by atoms with van der Waals surface area (Å²) in [6.45, 7) is 3.25. The molecule has 0 saturated carbocycles. The molecule has 1 aliphatic rings. The molecule has 1 aromatic heterocycles. The second kappa shape index (κ2) is 5.65. The summed E-state index contributed by atoms with van der Waals surface area (Å²) in [5, 5.41) is 12.1. The van der Waals surface area contributed by atoms with Gasteiger partial charge >= 0.3 is 0 Å². The van der Waals surface area contributed by atoms with Crippen LogP contribution in [0, 0.1) is 17.2 Å². The molecule has 2 rings (SSSR count). The minimum Gasteiger partial charge on any atom is -0.371 e. The number of piperidine rings is 1. The van der Waals surface area contributed by atoms with Crippen molar-refractivity contribution in [3.63, 3.8) is 0 Å². The van der Waals surface area contributed by atoms with E-state index in [0.717, 1.165) is 31.2 Å². The molecule has 1 N–H and O–H groups in total. The normalized spacial score (nSPS) is 16.8. The Morgan fingerprint density at radius 2 is 2.29 bits per heavy atom. The van der Waals surface area contributed by atoms with Crippen LogP contribution in [0.4, 0.5) is 5.69 Å². The summed E-state index contributed by atoms with van der Waals surface area (Å²) in [4.78, 5) is 6.34. The van der Waals surface area contributed by atoms with Crippen LogP contribution in [-0.2, 0) is 0 Å². The third-order valence-electron chi connectivity index (χ3n) is 3.33. The molecule has 0 radical (unpaired) electrons. The van der Waals surface area contributed by atoms with Crippen LogP contribution in [0.25, 0.3) is 0 Å². The summed E-state index contributed by atoms with van der Waals surface area (Å²) in [7, 11) is 2.01. The Balaban J connectivity index is 1.98. The SMILES string of the molecule is CNCC1CCN(c2ccnc(C#N)c2)CC1. The highest BCUT2D eigenvalue weighted by atomic mass is 15.1. The number of hydrogen-bond donors (Lipinski definition) is 1. The first kappa shape index (κ1) is 11.9. The lowest BCUT2D eigenvalue weighted by atomic mass is 9.96. The van der Waals surface area contributed by atoms with Gasteiger partial charge in [-0.1, -0.05) is 0 Å². The predicted molar refractivity (Wildman–Crippen MR) is 67.8 cm³/mol. The van der Waals surface area contributed by atoms with Gasteiger partial charge in [0.25, 0.3) is 0 Å². The first-order valence-corrected chi connectivity index (χ1v) is 6.09. The van der Waals surface area contributed by atoms with Gasteiger partial charge in [-0.3, -0.25) is 0 Å². The van der Waals surface area contributed by atoms with Crippen molar-refractivity contribution in [2.24, 2.45) is 5.92 Å². The highest BCUT2D eigenvalue weighted by molar-refractivity contribution is 5.48. The van der Waals surface area contributed by atoms with Crippen molar-refractivity contribution >= 4 is 5.69 Å². The van der Waals surface area contributed by atoms with Gasteiger partial charge in [-0.15, -0.1) is 0 Å². The summed E-state index contributed by atoms with van der Waals surface area (Å²) < 4.78 is 0. The van der Waals surface area contributed by atoms with E-state index >= 15 is 0 Å². The Kier molecular flexibility index (Phi) is 3.94. The summed E-state index contributed by atoms with van der Waals surface area (Å²) >= 11 is 0. The second-order valence-electron chi connectivity index (χ2n) is 4.50. The molecule has 1 aliphatic heterocycles. The molecule has 0 bridgehead atoms. The molecular weight excluding hydrogens is 212 g/mol. The topological polar surface area (TPSA) is 52.0 Å². The minimum atomic E-state index is 0.500. The average Bonchev–Trinajstić information content (AvgIpc) is 2.40. The van der Waals surface area contributed by atoms with Crippen LogP contribution in [0.3, 0.4) is 0 Å².